The molecule has 1 saturated heterocycles. The minimum atomic E-state index is -0.558. The Morgan fingerprint density at radius 1 is 1.07 bits per heavy atom. The number of aryl methyl sites for hydroxylation is 2. The fraction of sp³-hybridized carbons (Fsp3) is 0.394. The first kappa shape index (κ1) is 29.4. The molecular formula is C33H36N4O7. The van der Waals surface area contributed by atoms with Crippen molar-refractivity contribution in [3.8, 4) is 17.2 Å². The second kappa shape index (κ2) is 12.5. The molecule has 2 aliphatic heterocycles. The fourth-order valence-corrected chi connectivity index (χ4v) is 6.10. The molecule has 11 heteroatoms. The predicted octanol–water partition coefficient (Wildman–Crippen LogP) is 3.06. The van der Waals surface area contributed by atoms with Gasteiger partial charge in [-0.3, -0.25) is 19.2 Å². The van der Waals surface area contributed by atoms with E-state index in [-0.39, 0.29) is 37.1 Å². The van der Waals surface area contributed by atoms with E-state index in [1.165, 1.54) is 4.90 Å². The van der Waals surface area contributed by atoms with Crippen LogP contribution in [0.4, 0.5) is 0 Å². The topological polar surface area (TPSA) is 130 Å². The number of fused-ring (bicyclic) bond motifs is 6. The van der Waals surface area contributed by atoms with E-state index >= 15 is 0 Å². The highest BCUT2D eigenvalue weighted by Crippen LogP contribution is 2.29. The van der Waals surface area contributed by atoms with E-state index in [1.807, 2.05) is 31.2 Å². The molecule has 3 heterocycles. The van der Waals surface area contributed by atoms with Gasteiger partial charge in [0.1, 0.15) is 22.8 Å². The number of piperidine rings is 1. The number of benzene rings is 2. The fourth-order valence-electron chi connectivity index (χ4n) is 6.10. The number of nitrogens with zero attached hydrogens (tertiary/aromatic N) is 2. The quantitative estimate of drug-likeness (QED) is 0.473. The van der Waals surface area contributed by atoms with E-state index in [0.717, 1.165) is 36.1 Å². The molecule has 2 N–H and O–H groups in total. The predicted molar refractivity (Wildman–Crippen MR) is 161 cm³/mol. The molecule has 3 aromatic rings. The summed E-state index contributed by atoms with van der Waals surface area (Å²) in [4.78, 5) is 58.8. The average Bonchev–Trinajstić information content (AvgIpc) is 3.46. The summed E-state index contributed by atoms with van der Waals surface area (Å²) in [6.45, 7) is 2.83. The number of hydrogen-bond acceptors (Lipinski definition) is 7. The number of hydrogen-bond donors (Lipinski definition) is 2. The third-order valence-electron chi connectivity index (χ3n) is 8.27. The molecule has 0 spiro atoms. The van der Waals surface area contributed by atoms with Crippen molar-refractivity contribution < 1.29 is 28.6 Å². The standard InChI is InChI=1S/C33H36N4O7/c1-3-42-24-13-22-14-25(16-24)44-23-8-4-6-20(12-23)19-43-29-10-11-37(17-28(29)34-30(38)18-36(2)32(22)40)33(41)26-15-21-7-5-9-27(21)35-31(26)39/h4,6,8,12-16,28-29H,3,5,7,9-11,17-19H2,1-2H3,(H,34,38)(H,35,39)/t28-,29+/m0/s1. The summed E-state index contributed by atoms with van der Waals surface area (Å²) in [5.41, 5.74) is 2.80. The molecule has 0 unspecified atom stereocenters. The second-order valence-electron chi connectivity index (χ2n) is 11.5. The van der Waals surface area contributed by atoms with Gasteiger partial charge in [0.2, 0.25) is 5.91 Å². The van der Waals surface area contributed by atoms with Crippen molar-refractivity contribution in [2.45, 2.75) is 51.4 Å². The number of pyridine rings is 1. The minimum Gasteiger partial charge on any atom is -0.494 e. The van der Waals surface area contributed by atoms with Gasteiger partial charge in [0.15, 0.2) is 0 Å². The van der Waals surface area contributed by atoms with E-state index in [2.05, 4.69) is 10.3 Å². The Morgan fingerprint density at radius 2 is 1.93 bits per heavy atom. The highest BCUT2D eigenvalue weighted by atomic mass is 16.5. The van der Waals surface area contributed by atoms with Crippen LogP contribution in [0.1, 0.15) is 57.3 Å². The third kappa shape index (κ3) is 6.33. The summed E-state index contributed by atoms with van der Waals surface area (Å²) in [5, 5.41) is 3.00. The number of carbonyl (C=O) groups excluding carboxylic acids is 3. The summed E-state index contributed by atoms with van der Waals surface area (Å²) in [7, 11) is 1.55. The Balaban J connectivity index is 1.27. The van der Waals surface area contributed by atoms with Gasteiger partial charge in [-0.05, 0) is 74.1 Å². The smallest absolute Gasteiger partial charge is 0.261 e. The van der Waals surface area contributed by atoms with Gasteiger partial charge in [0.25, 0.3) is 17.4 Å². The van der Waals surface area contributed by atoms with Crippen LogP contribution in [0.2, 0.25) is 0 Å². The molecule has 11 nitrogen and oxygen atoms in total. The van der Waals surface area contributed by atoms with Crippen molar-refractivity contribution in [2.24, 2.45) is 0 Å². The molecule has 3 amide bonds. The number of aromatic amines is 1. The zero-order valence-corrected chi connectivity index (χ0v) is 24.9. The minimum absolute atomic E-state index is 0.111. The maximum atomic E-state index is 13.6. The van der Waals surface area contributed by atoms with Crippen molar-refractivity contribution in [1.82, 2.24) is 20.1 Å². The Bertz CT molecular complexity index is 1650. The lowest BCUT2D eigenvalue weighted by atomic mass is 10.00. The highest BCUT2D eigenvalue weighted by Gasteiger charge is 2.35. The first-order chi connectivity index (χ1) is 21.3. The number of carbonyl (C=O) groups is 3. The van der Waals surface area contributed by atoms with Crippen LogP contribution in [0.15, 0.2) is 53.3 Å². The molecule has 0 radical (unpaired) electrons. The van der Waals surface area contributed by atoms with Crippen molar-refractivity contribution in [2.75, 3.05) is 33.3 Å². The molecule has 6 rings (SSSR count). The molecule has 2 atom stereocenters. The molecule has 1 fully saturated rings. The Morgan fingerprint density at radius 3 is 2.77 bits per heavy atom. The van der Waals surface area contributed by atoms with Crippen molar-refractivity contribution >= 4 is 17.7 Å². The third-order valence-corrected chi connectivity index (χ3v) is 8.27. The number of ether oxygens (including phenoxy) is 3. The van der Waals surface area contributed by atoms with E-state index in [0.29, 0.717) is 42.4 Å². The number of likely N-dealkylation sites (N-methyl/N-ethyl adjacent to an activating group) is 1. The van der Waals surface area contributed by atoms with E-state index in [1.54, 1.807) is 36.2 Å². The molecule has 3 aliphatic rings. The molecule has 4 bridgehead atoms. The zero-order chi connectivity index (χ0) is 30.8. The lowest BCUT2D eigenvalue weighted by Crippen LogP contribution is -2.58. The lowest BCUT2D eigenvalue weighted by molar-refractivity contribution is -0.124. The van der Waals surface area contributed by atoms with Gasteiger partial charge in [-0.15, -0.1) is 0 Å². The zero-order valence-electron chi connectivity index (χ0n) is 24.9. The molecule has 1 aliphatic carbocycles. The number of aromatic nitrogens is 1. The molecule has 2 aromatic carbocycles. The monoisotopic (exact) mass is 600 g/mol. The van der Waals surface area contributed by atoms with Gasteiger partial charge >= 0.3 is 0 Å². The SMILES string of the molecule is CCOc1cc2cc(c1)C(=O)N(C)CC(=O)N[C@H]1CN(C(=O)c3cc4c([nH]c3=O)CCC4)CC[C@H]1OCc1cccc(c1)O2. The van der Waals surface area contributed by atoms with Crippen molar-refractivity contribution in [3.05, 3.63) is 86.8 Å². The van der Waals surface area contributed by atoms with Crippen molar-refractivity contribution in [3.63, 3.8) is 0 Å². The van der Waals surface area contributed by atoms with Gasteiger partial charge in [0, 0.05) is 37.5 Å². The second-order valence-corrected chi connectivity index (χ2v) is 11.5. The van der Waals surface area contributed by atoms with E-state index in [4.69, 9.17) is 14.2 Å². The van der Waals surface area contributed by atoms with Gasteiger partial charge in [0.05, 0.1) is 31.9 Å². The van der Waals surface area contributed by atoms with Crippen LogP contribution in [0.3, 0.4) is 0 Å². The largest absolute Gasteiger partial charge is 0.494 e. The van der Waals surface area contributed by atoms with Gasteiger partial charge in [-0.25, -0.2) is 0 Å². The molecule has 44 heavy (non-hydrogen) atoms. The summed E-state index contributed by atoms with van der Waals surface area (Å²) in [5.74, 6) is 0.337. The van der Waals surface area contributed by atoms with E-state index < -0.39 is 23.6 Å². The summed E-state index contributed by atoms with van der Waals surface area (Å²) in [6, 6.07) is 13.6. The van der Waals surface area contributed by atoms with Crippen LogP contribution >= 0.6 is 0 Å². The summed E-state index contributed by atoms with van der Waals surface area (Å²) >= 11 is 0. The van der Waals surface area contributed by atoms with Crippen LogP contribution in [-0.2, 0) is 29.0 Å². The van der Waals surface area contributed by atoms with Gasteiger partial charge in [-0.2, -0.15) is 0 Å². The van der Waals surface area contributed by atoms with E-state index in [9.17, 15) is 19.2 Å². The maximum absolute atomic E-state index is 13.6. The lowest BCUT2D eigenvalue weighted by Gasteiger charge is -2.39. The van der Waals surface area contributed by atoms with Crippen LogP contribution in [0, 0.1) is 0 Å². The molecule has 1 aromatic heterocycles. The van der Waals surface area contributed by atoms with Crippen molar-refractivity contribution in [1.29, 1.82) is 0 Å². The molecular weight excluding hydrogens is 564 g/mol. The Kier molecular flexibility index (Phi) is 8.38. The summed E-state index contributed by atoms with van der Waals surface area (Å²) in [6.07, 6.45) is 2.64. The first-order valence-corrected chi connectivity index (χ1v) is 15.0. The van der Waals surface area contributed by atoms with Gasteiger partial charge in [-0.1, -0.05) is 12.1 Å². The number of likely N-dealkylation sites (tertiary alicyclic amines) is 1. The van der Waals surface area contributed by atoms with Gasteiger partial charge < -0.3 is 34.3 Å². The average molecular weight is 601 g/mol. The van der Waals surface area contributed by atoms with Crippen LogP contribution in [0.25, 0.3) is 0 Å². The maximum Gasteiger partial charge on any atom is 0.261 e. The number of rotatable bonds is 3. The number of nitrogens with one attached hydrogen (secondary N) is 2. The van der Waals surface area contributed by atoms with Crippen LogP contribution in [0.5, 0.6) is 17.2 Å². The Labute approximate surface area is 255 Å². The summed E-state index contributed by atoms with van der Waals surface area (Å²) < 4.78 is 18.1. The normalized spacial score (nSPS) is 20.3. The van der Waals surface area contributed by atoms with Crippen LogP contribution in [-0.4, -0.2) is 77.9 Å². The van der Waals surface area contributed by atoms with Crippen LogP contribution < -0.4 is 20.3 Å². The highest BCUT2D eigenvalue weighted by molar-refractivity contribution is 5.97. The first-order valence-electron chi connectivity index (χ1n) is 15.0. The number of H-pyrrole nitrogens is 1. The number of amides is 3. The molecule has 0 saturated carbocycles. The molecule has 230 valence electrons. The Hall–Kier alpha value is -4.64.